The van der Waals surface area contributed by atoms with Crippen molar-refractivity contribution in [3.63, 3.8) is 0 Å². The average molecular weight is 430 g/mol. The molecule has 0 radical (unpaired) electrons. The van der Waals surface area contributed by atoms with Crippen LogP contribution in [0, 0.1) is 0 Å². The molecule has 0 bridgehead atoms. The minimum absolute atomic E-state index is 0.0232. The average Bonchev–Trinajstić information content (AvgIpc) is 2.77. The van der Waals surface area contributed by atoms with Gasteiger partial charge in [0.2, 0.25) is 0 Å². The summed E-state index contributed by atoms with van der Waals surface area (Å²) in [6, 6.07) is 12.9. The highest BCUT2D eigenvalue weighted by molar-refractivity contribution is 6.33. The number of hydrogen-bond donors (Lipinski definition) is 1. The summed E-state index contributed by atoms with van der Waals surface area (Å²) in [6.07, 6.45) is 3.29. The molecule has 30 heavy (non-hydrogen) atoms. The zero-order valence-corrected chi connectivity index (χ0v) is 18.2. The van der Waals surface area contributed by atoms with Crippen LogP contribution >= 0.6 is 11.6 Å². The Kier molecular flexibility index (Phi) is 7.57. The zero-order valence-electron chi connectivity index (χ0n) is 17.5. The lowest BCUT2D eigenvalue weighted by atomic mass is 10.1. The number of nitrogens with zero attached hydrogens (tertiary/aromatic N) is 2. The predicted molar refractivity (Wildman–Crippen MR) is 119 cm³/mol. The highest BCUT2D eigenvalue weighted by Crippen LogP contribution is 2.26. The summed E-state index contributed by atoms with van der Waals surface area (Å²) in [6.45, 7) is 2.04. The third kappa shape index (κ3) is 5.66. The SMILES string of the molecule is CN(C)C(=O)COc1ccccc1CNc1cc(C(=O)N2CCCCC2)ccc1Cl. The Morgan fingerprint density at radius 3 is 2.57 bits per heavy atom. The number of likely N-dealkylation sites (N-methyl/N-ethyl adjacent to an activating group) is 1. The molecule has 7 heteroatoms. The maximum Gasteiger partial charge on any atom is 0.259 e. The molecular formula is C23H28ClN3O3. The van der Waals surface area contributed by atoms with E-state index in [2.05, 4.69) is 5.32 Å². The van der Waals surface area contributed by atoms with Gasteiger partial charge in [-0.1, -0.05) is 29.8 Å². The molecule has 1 aliphatic heterocycles. The van der Waals surface area contributed by atoms with Gasteiger partial charge < -0.3 is 19.9 Å². The van der Waals surface area contributed by atoms with Crippen molar-refractivity contribution in [1.82, 2.24) is 9.80 Å². The van der Waals surface area contributed by atoms with Crippen LogP contribution < -0.4 is 10.1 Å². The van der Waals surface area contributed by atoms with Crippen LogP contribution in [-0.2, 0) is 11.3 Å². The number of likely N-dealkylation sites (tertiary alicyclic amines) is 1. The Labute approximate surface area is 182 Å². The van der Waals surface area contributed by atoms with E-state index in [0.717, 1.165) is 31.5 Å². The molecule has 2 aromatic rings. The van der Waals surface area contributed by atoms with Crippen molar-refractivity contribution < 1.29 is 14.3 Å². The second kappa shape index (κ2) is 10.3. The van der Waals surface area contributed by atoms with E-state index in [1.54, 1.807) is 32.3 Å². The number of amides is 2. The first-order valence-electron chi connectivity index (χ1n) is 10.2. The molecule has 1 N–H and O–H groups in total. The maximum atomic E-state index is 12.8. The van der Waals surface area contributed by atoms with Crippen LogP contribution in [-0.4, -0.2) is 55.4 Å². The number of nitrogens with one attached hydrogen (secondary N) is 1. The van der Waals surface area contributed by atoms with Gasteiger partial charge in [-0.2, -0.15) is 0 Å². The number of hydrogen-bond acceptors (Lipinski definition) is 4. The molecule has 1 fully saturated rings. The molecule has 160 valence electrons. The lowest BCUT2D eigenvalue weighted by Gasteiger charge is -2.27. The summed E-state index contributed by atoms with van der Waals surface area (Å²) in [7, 11) is 3.39. The van der Waals surface area contributed by atoms with Crippen molar-refractivity contribution >= 4 is 29.1 Å². The van der Waals surface area contributed by atoms with Gasteiger partial charge in [0.15, 0.2) is 6.61 Å². The topological polar surface area (TPSA) is 61.9 Å². The molecule has 2 amide bonds. The Morgan fingerprint density at radius 1 is 1.10 bits per heavy atom. The van der Waals surface area contributed by atoms with Crippen molar-refractivity contribution in [2.24, 2.45) is 0 Å². The number of ether oxygens (including phenoxy) is 1. The highest BCUT2D eigenvalue weighted by Gasteiger charge is 2.19. The number of benzene rings is 2. The molecule has 2 aromatic carbocycles. The highest BCUT2D eigenvalue weighted by atomic mass is 35.5. The summed E-state index contributed by atoms with van der Waals surface area (Å²) in [4.78, 5) is 28.0. The van der Waals surface area contributed by atoms with E-state index in [1.807, 2.05) is 29.2 Å². The molecule has 3 rings (SSSR count). The number of carbonyl (C=O) groups excluding carboxylic acids is 2. The molecule has 0 unspecified atom stereocenters. The van der Waals surface area contributed by atoms with Gasteiger partial charge in [-0.15, -0.1) is 0 Å². The van der Waals surface area contributed by atoms with Crippen LogP contribution in [0.3, 0.4) is 0 Å². The normalized spacial score (nSPS) is 13.6. The second-order valence-electron chi connectivity index (χ2n) is 7.59. The zero-order chi connectivity index (χ0) is 21.5. The van der Waals surface area contributed by atoms with Gasteiger partial charge in [-0.05, 0) is 43.5 Å². The summed E-state index contributed by atoms with van der Waals surface area (Å²) >= 11 is 6.36. The molecule has 0 aliphatic carbocycles. The molecule has 0 spiro atoms. The monoisotopic (exact) mass is 429 g/mol. The van der Waals surface area contributed by atoms with Gasteiger partial charge in [0.1, 0.15) is 5.75 Å². The van der Waals surface area contributed by atoms with Gasteiger partial charge in [-0.3, -0.25) is 9.59 Å². The number of carbonyl (C=O) groups is 2. The molecule has 1 saturated heterocycles. The fourth-order valence-corrected chi connectivity index (χ4v) is 3.51. The van der Waals surface area contributed by atoms with Crippen LogP contribution in [0.5, 0.6) is 5.75 Å². The number of rotatable bonds is 7. The third-order valence-electron chi connectivity index (χ3n) is 5.15. The first-order valence-corrected chi connectivity index (χ1v) is 10.6. The first-order chi connectivity index (χ1) is 14.5. The molecule has 1 aliphatic rings. The summed E-state index contributed by atoms with van der Waals surface area (Å²) in [5.41, 5.74) is 2.22. The summed E-state index contributed by atoms with van der Waals surface area (Å²) in [5, 5.41) is 3.85. The maximum absolute atomic E-state index is 12.8. The smallest absolute Gasteiger partial charge is 0.259 e. The second-order valence-corrected chi connectivity index (χ2v) is 7.99. The van der Waals surface area contributed by atoms with E-state index in [-0.39, 0.29) is 18.4 Å². The lowest BCUT2D eigenvalue weighted by Crippen LogP contribution is -2.35. The van der Waals surface area contributed by atoms with Crippen molar-refractivity contribution in [1.29, 1.82) is 0 Å². The van der Waals surface area contributed by atoms with E-state index in [0.29, 0.717) is 28.6 Å². The summed E-state index contributed by atoms with van der Waals surface area (Å²) < 4.78 is 5.70. The molecule has 0 atom stereocenters. The van der Waals surface area contributed by atoms with Crippen LogP contribution in [0.4, 0.5) is 5.69 Å². The third-order valence-corrected chi connectivity index (χ3v) is 5.48. The fourth-order valence-electron chi connectivity index (χ4n) is 3.32. The van der Waals surface area contributed by atoms with Crippen LogP contribution in [0.15, 0.2) is 42.5 Å². The number of halogens is 1. The molecule has 6 nitrogen and oxygen atoms in total. The van der Waals surface area contributed by atoms with Crippen molar-refractivity contribution in [2.45, 2.75) is 25.8 Å². The van der Waals surface area contributed by atoms with Crippen molar-refractivity contribution in [3.8, 4) is 5.75 Å². The quantitative estimate of drug-likeness (QED) is 0.721. The van der Waals surface area contributed by atoms with E-state index in [9.17, 15) is 9.59 Å². The molecule has 0 saturated carbocycles. The Bertz CT molecular complexity index is 895. The van der Waals surface area contributed by atoms with Gasteiger partial charge in [-0.25, -0.2) is 0 Å². The minimum atomic E-state index is -0.107. The van der Waals surface area contributed by atoms with Gasteiger partial charge >= 0.3 is 0 Å². The van der Waals surface area contributed by atoms with E-state index < -0.39 is 0 Å². The lowest BCUT2D eigenvalue weighted by molar-refractivity contribution is -0.130. The summed E-state index contributed by atoms with van der Waals surface area (Å²) in [5.74, 6) is 0.571. The van der Waals surface area contributed by atoms with Crippen molar-refractivity contribution in [3.05, 3.63) is 58.6 Å². The Hall–Kier alpha value is -2.73. The number of anilines is 1. The fraction of sp³-hybridized carbons (Fsp3) is 0.391. The van der Waals surface area contributed by atoms with Gasteiger partial charge in [0, 0.05) is 44.9 Å². The van der Waals surface area contributed by atoms with E-state index in [1.165, 1.54) is 11.3 Å². The molecule has 0 aromatic heterocycles. The van der Waals surface area contributed by atoms with Crippen LogP contribution in [0.25, 0.3) is 0 Å². The number of piperidine rings is 1. The van der Waals surface area contributed by atoms with Crippen LogP contribution in [0.2, 0.25) is 5.02 Å². The van der Waals surface area contributed by atoms with E-state index >= 15 is 0 Å². The Morgan fingerprint density at radius 2 is 1.83 bits per heavy atom. The number of para-hydroxylation sites is 1. The van der Waals surface area contributed by atoms with E-state index in [4.69, 9.17) is 16.3 Å². The minimum Gasteiger partial charge on any atom is -0.483 e. The molecule has 1 heterocycles. The van der Waals surface area contributed by atoms with Gasteiger partial charge in [0.25, 0.3) is 11.8 Å². The standard InChI is InChI=1S/C23H28ClN3O3/c1-26(2)22(28)16-30-21-9-5-4-8-18(21)15-25-20-14-17(10-11-19(20)24)23(29)27-12-6-3-7-13-27/h4-5,8-11,14,25H,3,6-7,12-13,15-16H2,1-2H3. The van der Waals surface area contributed by atoms with Crippen LogP contribution in [0.1, 0.15) is 35.2 Å². The van der Waals surface area contributed by atoms with Gasteiger partial charge in [0.05, 0.1) is 10.7 Å². The first kappa shape index (κ1) is 22.0. The largest absolute Gasteiger partial charge is 0.483 e. The van der Waals surface area contributed by atoms with Crippen molar-refractivity contribution in [2.75, 3.05) is 39.1 Å². The molecular weight excluding hydrogens is 402 g/mol. The predicted octanol–water partition coefficient (Wildman–Crippen LogP) is 4.05. The Balaban J connectivity index is 1.68.